The topological polar surface area (TPSA) is 23.6 Å². The Bertz CT molecular complexity index is 1070. The van der Waals surface area contributed by atoms with Crippen LogP contribution in [0.5, 0.6) is 0 Å². The maximum Gasteiger partial charge on any atom is 0.231 e. The van der Waals surface area contributed by atoms with Gasteiger partial charge < -0.3 is 9.80 Å². The van der Waals surface area contributed by atoms with E-state index < -0.39 is 0 Å². The zero-order valence-corrected chi connectivity index (χ0v) is 19.1. The molecular formula is C30H32N2O. The number of benzene rings is 3. The van der Waals surface area contributed by atoms with Crippen LogP contribution < -0.4 is 0 Å². The van der Waals surface area contributed by atoms with E-state index in [0.717, 1.165) is 31.6 Å². The molecule has 1 saturated heterocycles. The van der Waals surface area contributed by atoms with E-state index in [1.807, 2.05) is 6.07 Å². The monoisotopic (exact) mass is 436 g/mol. The van der Waals surface area contributed by atoms with Crippen LogP contribution in [0.25, 0.3) is 11.1 Å². The molecular weight excluding hydrogens is 404 g/mol. The summed E-state index contributed by atoms with van der Waals surface area (Å²) < 4.78 is 0. The van der Waals surface area contributed by atoms with Crippen molar-refractivity contribution in [3.05, 3.63) is 108 Å². The maximum absolute atomic E-state index is 14.0. The summed E-state index contributed by atoms with van der Waals surface area (Å²) in [5, 5.41) is 0. The molecule has 0 radical (unpaired) electrons. The molecule has 0 N–H and O–H groups in total. The van der Waals surface area contributed by atoms with E-state index in [1.54, 1.807) is 0 Å². The first-order valence-electron chi connectivity index (χ1n) is 12.2. The zero-order chi connectivity index (χ0) is 22.5. The molecule has 0 spiro atoms. The van der Waals surface area contributed by atoms with Crippen LogP contribution in [0.2, 0.25) is 0 Å². The standard InChI is InChI=1S/C30H32N2O/c33-30-28(26-18-16-25(17-19-26)24-11-3-1-4-12-24)15-7-8-22-32(30)29(23-31-20-9-10-21-31)27-13-5-2-6-14-27/h1-8,11-14,16-19,28-29H,9-10,15,20-23H2/t28?,29-/m1/s1. The second kappa shape index (κ2) is 10.2. The SMILES string of the molecule is O=C1C(c2ccc(-c3ccccc3)cc2)CC=CCN1[C@H](CN1CCCC1)c1ccccc1. The lowest BCUT2D eigenvalue weighted by atomic mass is 9.92. The summed E-state index contributed by atoms with van der Waals surface area (Å²) >= 11 is 0. The minimum absolute atomic E-state index is 0.0747. The Morgan fingerprint density at radius 1 is 0.758 bits per heavy atom. The number of allylic oxidation sites excluding steroid dienone is 1. The highest BCUT2D eigenvalue weighted by molar-refractivity contribution is 5.85. The van der Waals surface area contributed by atoms with Crippen molar-refractivity contribution in [2.75, 3.05) is 26.2 Å². The Hall–Kier alpha value is -3.17. The van der Waals surface area contributed by atoms with Crippen LogP contribution in [0.4, 0.5) is 0 Å². The summed E-state index contributed by atoms with van der Waals surface area (Å²) in [4.78, 5) is 18.6. The summed E-state index contributed by atoms with van der Waals surface area (Å²) in [5.74, 6) is 0.0962. The average molecular weight is 437 g/mol. The molecule has 168 valence electrons. The Balaban J connectivity index is 1.42. The van der Waals surface area contributed by atoms with E-state index in [0.29, 0.717) is 6.54 Å². The number of carbonyl (C=O) groups is 1. The van der Waals surface area contributed by atoms with E-state index in [1.165, 1.54) is 29.5 Å². The summed E-state index contributed by atoms with van der Waals surface area (Å²) in [7, 11) is 0. The van der Waals surface area contributed by atoms with Crippen molar-refractivity contribution in [3.63, 3.8) is 0 Å². The number of carbonyl (C=O) groups excluding carboxylic acids is 1. The van der Waals surface area contributed by atoms with Crippen LogP contribution in [0.3, 0.4) is 0 Å². The van der Waals surface area contributed by atoms with E-state index in [2.05, 4.69) is 101 Å². The predicted molar refractivity (Wildman–Crippen MR) is 135 cm³/mol. The fraction of sp³-hybridized carbons (Fsp3) is 0.300. The molecule has 1 fully saturated rings. The van der Waals surface area contributed by atoms with Gasteiger partial charge in [-0.15, -0.1) is 0 Å². The third-order valence-electron chi connectivity index (χ3n) is 7.03. The number of likely N-dealkylation sites (tertiary alicyclic amines) is 1. The van der Waals surface area contributed by atoms with Crippen LogP contribution in [0, 0.1) is 0 Å². The van der Waals surface area contributed by atoms with Gasteiger partial charge in [-0.2, -0.15) is 0 Å². The van der Waals surface area contributed by atoms with Crippen molar-refractivity contribution in [3.8, 4) is 11.1 Å². The number of nitrogens with zero attached hydrogens (tertiary/aromatic N) is 2. The molecule has 1 amide bonds. The van der Waals surface area contributed by atoms with Crippen LogP contribution in [0.15, 0.2) is 97.1 Å². The minimum atomic E-state index is -0.140. The molecule has 0 bridgehead atoms. The fourth-order valence-electron chi connectivity index (χ4n) is 5.18. The first kappa shape index (κ1) is 21.7. The highest BCUT2D eigenvalue weighted by Crippen LogP contribution is 2.33. The lowest BCUT2D eigenvalue weighted by molar-refractivity contribution is -0.134. The lowest BCUT2D eigenvalue weighted by Crippen LogP contribution is -2.42. The largest absolute Gasteiger partial charge is 0.330 e. The molecule has 2 atom stereocenters. The third-order valence-corrected chi connectivity index (χ3v) is 7.03. The van der Waals surface area contributed by atoms with Gasteiger partial charge >= 0.3 is 0 Å². The van der Waals surface area contributed by atoms with Gasteiger partial charge in [-0.05, 0) is 54.6 Å². The van der Waals surface area contributed by atoms with E-state index in [-0.39, 0.29) is 17.9 Å². The highest BCUT2D eigenvalue weighted by atomic mass is 16.2. The summed E-state index contributed by atoms with van der Waals surface area (Å²) in [6.45, 7) is 3.84. The molecule has 5 rings (SSSR count). The van der Waals surface area contributed by atoms with Gasteiger partial charge in [0.15, 0.2) is 0 Å². The highest BCUT2D eigenvalue weighted by Gasteiger charge is 2.33. The maximum atomic E-state index is 14.0. The quantitative estimate of drug-likeness (QED) is 0.438. The van der Waals surface area contributed by atoms with Crippen molar-refractivity contribution < 1.29 is 4.79 Å². The van der Waals surface area contributed by atoms with Gasteiger partial charge in [0.05, 0.1) is 12.0 Å². The minimum Gasteiger partial charge on any atom is -0.330 e. The van der Waals surface area contributed by atoms with Gasteiger partial charge in [0.25, 0.3) is 0 Å². The summed E-state index contributed by atoms with van der Waals surface area (Å²) in [5.41, 5.74) is 4.71. The average Bonchev–Trinajstić information content (AvgIpc) is 3.32. The molecule has 3 aromatic rings. The van der Waals surface area contributed by atoms with Gasteiger partial charge in [-0.25, -0.2) is 0 Å². The predicted octanol–water partition coefficient (Wildman–Crippen LogP) is 6.06. The molecule has 3 nitrogen and oxygen atoms in total. The van der Waals surface area contributed by atoms with Gasteiger partial charge in [-0.1, -0.05) is 97.1 Å². The molecule has 3 aromatic carbocycles. The van der Waals surface area contributed by atoms with Crippen molar-refractivity contribution in [2.45, 2.75) is 31.2 Å². The van der Waals surface area contributed by atoms with Crippen molar-refractivity contribution in [1.82, 2.24) is 9.80 Å². The lowest BCUT2D eigenvalue weighted by Gasteiger charge is -2.35. The van der Waals surface area contributed by atoms with Crippen LogP contribution in [0.1, 0.15) is 42.3 Å². The second-order valence-corrected chi connectivity index (χ2v) is 9.17. The Morgan fingerprint density at radius 2 is 1.39 bits per heavy atom. The summed E-state index contributed by atoms with van der Waals surface area (Å²) in [6, 6.07) is 29.6. The van der Waals surface area contributed by atoms with Gasteiger partial charge in [0, 0.05) is 13.1 Å². The molecule has 3 heteroatoms. The third kappa shape index (κ3) is 4.94. The molecule has 2 heterocycles. The molecule has 1 unspecified atom stereocenters. The van der Waals surface area contributed by atoms with Crippen molar-refractivity contribution >= 4 is 5.91 Å². The smallest absolute Gasteiger partial charge is 0.231 e. The molecule has 33 heavy (non-hydrogen) atoms. The Kier molecular flexibility index (Phi) is 6.68. The van der Waals surface area contributed by atoms with Crippen LogP contribution in [-0.4, -0.2) is 41.9 Å². The first-order chi connectivity index (χ1) is 16.3. The fourth-order valence-corrected chi connectivity index (χ4v) is 5.18. The van der Waals surface area contributed by atoms with E-state index in [4.69, 9.17) is 0 Å². The first-order valence-corrected chi connectivity index (χ1v) is 12.2. The van der Waals surface area contributed by atoms with Crippen LogP contribution >= 0.6 is 0 Å². The Labute approximate surface area is 197 Å². The van der Waals surface area contributed by atoms with E-state index >= 15 is 0 Å². The molecule has 2 aliphatic rings. The number of hydrogen-bond acceptors (Lipinski definition) is 2. The van der Waals surface area contributed by atoms with E-state index in [9.17, 15) is 4.79 Å². The number of amides is 1. The summed E-state index contributed by atoms with van der Waals surface area (Å²) in [6.07, 6.45) is 7.63. The molecule has 0 aromatic heterocycles. The van der Waals surface area contributed by atoms with Gasteiger partial charge in [0.1, 0.15) is 0 Å². The molecule has 0 aliphatic carbocycles. The molecule has 2 aliphatic heterocycles. The van der Waals surface area contributed by atoms with Gasteiger partial charge in [0.2, 0.25) is 5.91 Å². The van der Waals surface area contributed by atoms with Gasteiger partial charge in [-0.3, -0.25) is 4.79 Å². The Morgan fingerprint density at radius 3 is 2.09 bits per heavy atom. The van der Waals surface area contributed by atoms with Crippen LogP contribution in [-0.2, 0) is 4.79 Å². The second-order valence-electron chi connectivity index (χ2n) is 9.17. The number of hydrogen-bond donors (Lipinski definition) is 0. The normalized spacial score (nSPS) is 20.1. The molecule has 0 saturated carbocycles. The number of rotatable bonds is 6. The zero-order valence-electron chi connectivity index (χ0n) is 19.1. The van der Waals surface area contributed by atoms with Crippen molar-refractivity contribution in [2.24, 2.45) is 0 Å². The van der Waals surface area contributed by atoms with Crippen molar-refractivity contribution in [1.29, 1.82) is 0 Å².